The van der Waals surface area contributed by atoms with Gasteiger partial charge < -0.3 is 10.3 Å². The fourth-order valence-corrected chi connectivity index (χ4v) is 2.67. The van der Waals surface area contributed by atoms with Crippen LogP contribution in [0.15, 0.2) is 54.6 Å². The third kappa shape index (κ3) is 3.77. The Morgan fingerprint density at radius 3 is 2.61 bits per heavy atom. The number of carbonyl (C=O) groups is 1. The summed E-state index contributed by atoms with van der Waals surface area (Å²) in [6.07, 6.45) is 2.04. The van der Waals surface area contributed by atoms with Crippen molar-refractivity contribution in [2.24, 2.45) is 0 Å². The molecule has 0 aliphatic heterocycles. The number of rotatable bonds is 6. The summed E-state index contributed by atoms with van der Waals surface area (Å²) in [5.41, 5.74) is 3.11. The second-order valence-corrected chi connectivity index (χ2v) is 5.65. The van der Waals surface area contributed by atoms with Gasteiger partial charge in [-0.25, -0.2) is 4.98 Å². The standard InChI is InChI=1S/C19H21N3O/c1-2-15(19-21-16-10-6-7-11-17(16)22-19)20-18(23)13-12-14-8-4-3-5-9-14/h3-11,15H,2,12-13H2,1H3,(H,20,23)(H,21,22). The summed E-state index contributed by atoms with van der Waals surface area (Å²) in [7, 11) is 0. The topological polar surface area (TPSA) is 57.8 Å². The van der Waals surface area contributed by atoms with Gasteiger partial charge in [0, 0.05) is 6.42 Å². The van der Waals surface area contributed by atoms with Crippen LogP contribution in [-0.2, 0) is 11.2 Å². The van der Waals surface area contributed by atoms with E-state index in [0.717, 1.165) is 29.7 Å². The van der Waals surface area contributed by atoms with Crippen molar-refractivity contribution >= 4 is 16.9 Å². The van der Waals surface area contributed by atoms with Gasteiger partial charge in [0.25, 0.3) is 0 Å². The number of aromatic amines is 1. The quantitative estimate of drug-likeness (QED) is 0.728. The maximum Gasteiger partial charge on any atom is 0.220 e. The van der Waals surface area contributed by atoms with E-state index < -0.39 is 0 Å². The molecule has 23 heavy (non-hydrogen) atoms. The second-order valence-electron chi connectivity index (χ2n) is 5.65. The minimum Gasteiger partial charge on any atom is -0.346 e. The summed E-state index contributed by atoms with van der Waals surface area (Å²) in [5.74, 6) is 0.878. The number of nitrogens with one attached hydrogen (secondary N) is 2. The number of hydrogen-bond donors (Lipinski definition) is 2. The van der Waals surface area contributed by atoms with E-state index in [0.29, 0.717) is 6.42 Å². The number of fused-ring (bicyclic) bond motifs is 1. The number of para-hydroxylation sites is 2. The van der Waals surface area contributed by atoms with Crippen molar-refractivity contribution < 1.29 is 4.79 Å². The highest BCUT2D eigenvalue weighted by Crippen LogP contribution is 2.18. The molecule has 0 aliphatic carbocycles. The van der Waals surface area contributed by atoms with Gasteiger partial charge in [-0.15, -0.1) is 0 Å². The first kappa shape index (κ1) is 15.3. The third-order valence-corrected chi connectivity index (χ3v) is 3.96. The summed E-state index contributed by atoms with van der Waals surface area (Å²) in [6, 6.07) is 17.9. The zero-order valence-electron chi connectivity index (χ0n) is 13.3. The van der Waals surface area contributed by atoms with E-state index in [4.69, 9.17) is 0 Å². The van der Waals surface area contributed by atoms with E-state index in [2.05, 4.69) is 22.2 Å². The van der Waals surface area contributed by atoms with Crippen molar-refractivity contribution in [3.63, 3.8) is 0 Å². The maximum atomic E-state index is 12.2. The maximum absolute atomic E-state index is 12.2. The van der Waals surface area contributed by atoms with Crippen molar-refractivity contribution in [2.75, 3.05) is 0 Å². The molecule has 2 N–H and O–H groups in total. The van der Waals surface area contributed by atoms with Gasteiger partial charge in [-0.1, -0.05) is 49.4 Å². The molecule has 2 aromatic carbocycles. The van der Waals surface area contributed by atoms with Gasteiger partial charge >= 0.3 is 0 Å². The highest BCUT2D eigenvalue weighted by atomic mass is 16.1. The normalized spacial score (nSPS) is 12.2. The van der Waals surface area contributed by atoms with E-state index in [-0.39, 0.29) is 11.9 Å². The molecular weight excluding hydrogens is 286 g/mol. The number of aromatic nitrogens is 2. The molecule has 1 amide bonds. The Hall–Kier alpha value is -2.62. The van der Waals surface area contributed by atoms with Crippen LogP contribution in [0.2, 0.25) is 0 Å². The molecule has 0 fully saturated rings. The zero-order chi connectivity index (χ0) is 16.1. The van der Waals surface area contributed by atoms with E-state index in [1.165, 1.54) is 5.56 Å². The van der Waals surface area contributed by atoms with Crippen LogP contribution in [0.1, 0.15) is 37.2 Å². The highest BCUT2D eigenvalue weighted by Gasteiger charge is 2.16. The fraction of sp³-hybridized carbons (Fsp3) is 0.263. The Morgan fingerprint density at radius 2 is 1.87 bits per heavy atom. The lowest BCUT2D eigenvalue weighted by atomic mass is 10.1. The molecule has 4 nitrogen and oxygen atoms in total. The number of amides is 1. The van der Waals surface area contributed by atoms with E-state index in [1.807, 2.05) is 54.6 Å². The number of carbonyl (C=O) groups excluding carboxylic acids is 1. The molecule has 0 aliphatic rings. The van der Waals surface area contributed by atoms with Crippen molar-refractivity contribution in [3.8, 4) is 0 Å². The first-order chi connectivity index (χ1) is 11.3. The summed E-state index contributed by atoms with van der Waals surface area (Å²) >= 11 is 0. The van der Waals surface area contributed by atoms with Gasteiger partial charge in [-0.3, -0.25) is 4.79 Å². The molecule has 1 heterocycles. The number of hydrogen-bond acceptors (Lipinski definition) is 2. The van der Waals surface area contributed by atoms with Crippen molar-refractivity contribution in [1.29, 1.82) is 0 Å². The molecule has 0 saturated heterocycles. The largest absolute Gasteiger partial charge is 0.346 e. The number of H-pyrrole nitrogens is 1. The predicted octanol–water partition coefficient (Wildman–Crippen LogP) is 3.76. The first-order valence-corrected chi connectivity index (χ1v) is 8.04. The van der Waals surface area contributed by atoms with Crippen LogP contribution < -0.4 is 5.32 Å². The van der Waals surface area contributed by atoms with E-state index in [9.17, 15) is 4.79 Å². The van der Waals surface area contributed by atoms with Crippen LogP contribution >= 0.6 is 0 Å². The minimum atomic E-state index is -0.0781. The van der Waals surface area contributed by atoms with Crippen molar-refractivity contribution in [3.05, 3.63) is 66.0 Å². The van der Waals surface area contributed by atoms with E-state index >= 15 is 0 Å². The number of nitrogens with zero attached hydrogens (tertiary/aromatic N) is 1. The van der Waals surface area contributed by atoms with E-state index in [1.54, 1.807) is 0 Å². The smallest absolute Gasteiger partial charge is 0.220 e. The van der Waals surface area contributed by atoms with Gasteiger partial charge in [-0.05, 0) is 30.5 Å². The molecule has 1 atom stereocenters. The third-order valence-electron chi connectivity index (χ3n) is 3.96. The van der Waals surface area contributed by atoms with Crippen LogP contribution in [0, 0.1) is 0 Å². The van der Waals surface area contributed by atoms with Crippen LogP contribution in [0.25, 0.3) is 11.0 Å². The molecule has 0 saturated carbocycles. The second kappa shape index (κ2) is 7.09. The van der Waals surface area contributed by atoms with Crippen LogP contribution in [-0.4, -0.2) is 15.9 Å². The lowest BCUT2D eigenvalue weighted by Crippen LogP contribution is -2.29. The molecule has 1 aromatic heterocycles. The Bertz CT molecular complexity index is 746. The summed E-state index contributed by atoms with van der Waals surface area (Å²) < 4.78 is 0. The van der Waals surface area contributed by atoms with Crippen molar-refractivity contribution in [1.82, 2.24) is 15.3 Å². The van der Waals surface area contributed by atoms with Crippen LogP contribution in [0.3, 0.4) is 0 Å². The fourth-order valence-electron chi connectivity index (χ4n) is 2.67. The van der Waals surface area contributed by atoms with Crippen LogP contribution in [0.4, 0.5) is 0 Å². The number of aryl methyl sites for hydroxylation is 1. The van der Waals surface area contributed by atoms with Gasteiger partial charge in [0.15, 0.2) is 0 Å². The monoisotopic (exact) mass is 307 g/mol. The van der Waals surface area contributed by atoms with Crippen molar-refractivity contribution in [2.45, 2.75) is 32.2 Å². The average Bonchev–Trinajstić information content (AvgIpc) is 3.02. The molecular formula is C19H21N3O. The molecule has 0 radical (unpaired) electrons. The summed E-state index contributed by atoms with van der Waals surface area (Å²) in [5, 5.41) is 3.08. The number of benzene rings is 2. The molecule has 3 aromatic rings. The Morgan fingerprint density at radius 1 is 1.13 bits per heavy atom. The summed E-state index contributed by atoms with van der Waals surface area (Å²) in [6.45, 7) is 2.05. The molecule has 118 valence electrons. The SMILES string of the molecule is CCC(NC(=O)CCc1ccccc1)c1nc2ccccc2[nH]1. The lowest BCUT2D eigenvalue weighted by molar-refractivity contribution is -0.121. The molecule has 4 heteroatoms. The highest BCUT2D eigenvalue weighted by molar-refractivity contribution is 5.77. The average molecular weight is 307 g/mol. The van der Waals surface area contributed by atoms with Gasteiger partial charge in [0.05, 0.1) is 17.1 Å². The number of imidazole rings is 1. The Kier molecular flexibility index (Phi) is 4.71. The Balaban J connectivity index is 1.63. The first-order valence-electron chi connectivity index (χ1n) is 8.04. The molecule has 0 spiro atoms. The minimum absolute atomic E-state index is 0.0566. The van der Waals surface area contributed by atoms with Gasteiger partial charge in [0.1, 0.15) is 5.82 Å². The zero-order valence-corrected chi connectivity index (χ0v) is 13.3. The summed E-state index contributed by atoms with van der Waals surface area (Å²) in [4.78, 5) is 20.1. The van der Waals surface area contributed by atoms with Crippen LogP contribution in [0.5, 0.6) is 0 Å². The Labute approximate surface area is 136 Å². The predicted molar refractivity (Wildman–Crippen MR) is 92.0 cm³/mol. The molecule has 1 unspecified atom stereocenters. The molecule has 3 rings (SSSR count). The van der Waals surface area contributed by atoms with Gasteiger partial charge in [0.2, 0.25) is 5.91 Å². The lowest BCUT2D eigenvalue weighted by Gasteiger charge is -2.14. The molecule has 0 bridgehead atoms. The van der Waals surface area contributed by atoms with Gasteiger partial charge in [-0.2, -0.15) is 0 Å².